The highest BCUT2D eigenvalue weighted by Crippen LogP contribution is 2.26. The third kappa shape index (κ3) is 5.27. The van der Waals surface area contributed by atoms with Crippen molar-refractivity contribution in [1.82, 2.24) is 15.1 Å². The van der Waals surface area contributed by atoms with Crippen molar-refractivity contribution >= 4 is 40.7 Å². The number of aromatic nitrogens is 2. The molecule has 2 amide bonds. The van der Waals surface area contributed by atoms with Crippen LogP contribution in [0.1, 0.15) is 59.5 Å². The van der Waals surface area contributed by atoms with Crippen molar-refractivity contribution in [3.8, 4) is 5.69 Å². The van der Waals surface area contributed by atoms with E-state index in [9.17, 15) is 9.59 Å². The Bertz CT molecular complexity index is 1090. The normalized spacial score (nSPS) is 10.9. The molecule has 3 aromatic rings. The maximum absolute atomic E-state index is 13.0. The summed E-state index contributed by atoms with van der Waals surface area (Å²) < 4.78 is 1.74. The predicted molar refractivity (Wildman–Crippen MR) is 125 cm³/mol. The lowest BCUT2D eigenvalue weighted by atomic mass is 10.0. The molecule has 31 heavy (non-hydrogen) atoms. The molecule has 6 nitrogen and oxygen atoms in total. The molecule has 0 fully saturated rings. The minimum Gasteiger partial charge on any atom is -0.352 e. The molecular weight excluding hydrogens is 435 g/mol. The Morgan fingerprint density at radius 3 is 2.35 bits per heavy atom. The molecule has 1 heterocycles. The molecular formula is C23H24Cl2N4O2. The van der Waals surface area contributed by atoms with E-state index in [0.29, 0.717) is 28.4 Å². The first-order chi connectivity index (χ1) is 14.8. The van der Waals surface area contributed by atoms with E-state index in [4.69, 9.17) is 23.2 Å². The second-order valence-corrected chi connectivity index (χ2v) is 8.23. The molecule has 0 aliphatic carbocycles. The number of nitrogens with zero attached hydrogens (tertiary/aromatic N) is 2. The third-order valence-electron chi connectivity index (χ3n) is 4.68. The smallest absolute Gasteiger partial charge is 0.259 e. The van der Waals surface area contributed by atoms with Crippen LogP contribution in [0, 0.1) is 0 Å². The first-order valence-corrected chi connectivity index (χ1v) is 10.8. The molecule has 0 radical (unpaired) electrons. The molecule has 0 aliphatic heterocycles. The van der Waals surface area contributed by atoms with Crippen LogP contribution < -0.4 is 10.6 Å². The van der Waals surface area contributed by atoms with Crippen LogP contribution in [0.2, 0.25) is 10.0 Å². The molecule has 3 rings (SSSR count). The van der Waals surface area contributed by atoms with E-state index < -0.39 is 0 Å². The largest absolute Gasteiger partial charge is 0.352 e. The van der Waals surface area contributed by atoms with Gasteiger partial charge in [-0.05, 0) is 54.8 Å². The first-order valence-electron chi connectivity index (χ1n) is 10.0. The van der Waals surface area contributed by atoms with Gasteiger partial charge in [0.15, 0.2) is 0 Å². The van der Waals surface area contributed by atoms with Crippen molar-refractivity contribution in [3.05, 3.63) is 75.5 Å². The number of rotatable bonds is 7. The number of amides is 2. The molecule has 2 N–H and O–H groups in total. The zero-order valence-electron chi connectivity index (χ0n) is 17.6. The lowest BCUT2D eigenvalue weighted by Crippen LogP contribution is -2.24. The zero-order chi connectivity index (χ0) is 22.5. The summed E-state index contributed by atoms with van der Waals surface area (Å²) in [5, 5.41) is 11.0. The molecule has 0 unspecified atom stereocenters. The van der Waals surface area contributed by atoms with Gasteiger partial charge >= 0.3 is 0 Å². The summed E-state index contributed by atoms with van der Waals surface area (Å²) in [5.41, 5.74) is 2.92. The average molecular weight is 459 g/mol. The maximum Gasteiger partial charge on any atom is 0.259 e. The number of carbonyl (C=O) groups excluding carboxylic acids is 2. The van der Waals surface area contributed by atoms with Crippen LogP contribution >= 0.6 is 23.2 Å². The number of halogens is 2. The third-order valence-corrected chi connectivity index (χ3v) is 5.24. The maximum atomic E-state index is 13.0. The molecule has 0 spiro atoms. The lowest BCUT2D eigenvalue weighted by molar-refractivity contribution is 0.0953. The Balaban J connectivity index is 1.84. The predicted octanol–water partition coefficient (Wildman–Crippen LogP) is 5.69. The number of hydrogen-bond acceptors (Lipinski definition) is 3. The number of anilines is 1. The van der Waals surface area contributed by atoms with E-state index in [2.05, 4.69) is 15.7 Å². The van der Waals surface area contributed by atoms with E-state index in [1.165, 1.54) is 0 Å². The van der Waals surface area contributed by atoms with Gasteiger partial charge in [-0.2, -0.15) is 5.10 Å². The number of benzene rings is 2. The highest BCUT2D eigenvalue weighted by molar-refractivity contribution is 6.34. The van der Waals surface area contributed by atoms with Crippen molar-refractivity contribution in [2.75, 3.05) is 11.9 Å². The van der Waals surface area contributed by atoms with Gasteiger partial charge in [-0.1, -0.05) is 44.0 Å². The molecule has 2 aromatic carbocycles. The highest BCUT2D eigenvalue weighted by Gasteiger charge is 2.21. The molecule has 162 valence electrons. The summed E-state index contributed by atoms with van der Waals surface area (Å²) in [6.45, 7) is 6.55. The molecule has 1 aromatic heterocycles. The van der Waals surface area contributed by atoms with Crippen LogP contribution in [0.25, 0.3) is 5.69 Å². The number of nitrogens with one attached hydrogen (secondary N) is 2. The van der Waals surface area contributed by atoms with Crippen molar-refractivity contribution in [3.63, 3.8) is 0 Å². The van der Waals surface area contributed by atoms with E-state index in [0.717, 1.165) is 17.8 Å². The standard InChI is InChI=1S/C23H24Cl2N4O2/c1-4-11-26-22(30)18-10-7-16(12-20(18)25)28-23(31)19-13-27-29(21(19)14(2)3)17-8-5-15(24)6-9-17/h5-10,12-14H,4,11H2,1-3H3,(H,26,30)(H,28,31). The Labute approximate surface area is 191 Å². The Hall–Kier alpha value is -2.83. The summed E-state index contributed by atoms with van der Waals surface area (Å²) in [5.74, 6) is -0.494. The summed E-state index contributed by atoms with van der Waals surface area (Å²) >= 11 is 12.3. The average Bonchev–Trinajstić information content (AvgIpc) is 3.18. The van der Waals surface area contributed by atoms with Crippen LogP contribution in [-0.4, -0.2) is 28.1 Å². The SMILES string of the molecule is CCCNC(=O)c1ccc(NC(=O)c2cnn(-c3ccc(Cl)cc3)c2C(C)C)cc1Cl. The van der Waals surface area contributed by atoms with Crippen molar-refractivity contribution in [1.29, 1.82) is 0 Å². The highest BCUT2D eigenvalue weighted by atomic mass is 35.5. The van der Waals surface area contributed by atoms with E-state index in [1.54, 1.807) is 41.2 Å². The van der Waals surface area contributed by atoms with Crippen LogP contribution in [0.15, 0.2) is 48.7 Å². The molecule has 0 aliphatic rings. The van der Waals surface area contributed by atoms with Gasteiger partial charge in [0.05, 0.1) is 33.7 Å². The topological polar surface area (TPSA) is 76.0 Å². The molecule has 0 saturated heterocycles. The van der Waals surface area contributed by atoms with E-state index in [-0.39, 0.29) is 22.8 Å². The monoisotopic (exact) mass is 458 g/mol. The van der Waals surface area contributed by atoms with Gasteiger partial charge in [-0.25, -0.2) is 4.68 Å². The Morgan fingerprint density at radius 2 is 1.74 bits per heavy atom. The Morgan fingerprint density at radius 1 is 1.03 bits per heavy atom. The van der Waals surface area contributed by atoms with Gasteiger partial charge in [0, 0.05) is 17.3 Å². The minimum absolute atomic E-state index is 0.0483. The van der Waals surface area contributed by atoms with Crippen LogP contribution in [0.3, 0.4) is 0 Å². The van der Waals surface area contributed by atoms with Gasteiger partial charge < -0.3 is 10.6 Å². The lowest BCUT2D eigenvalue weighted by Gasteiger charge is -2.13. The van der Waals surface area contributed by atoms with Gasteiger partial charge in [0.25, 0.3) is 11.8 Å². The number of carbonyl (C=O) groups is 2. The van der Waals surface area contributed by atoms with Gasteiger partial charge in [-0.15, -0.1) is 0 Å². The summed E-state index contributed by atoms with van der Waals surface area (Å²) in [6, 6.07) is 12.1. The summed E-state index contributed by atoms with van der Waals surface area (Å²) in [6.07, 6.45) is 2.38. The van der Waals surface area contributed by atoms with E-state index in [1.807, 2.05) is 32.9 Å². The molecule has 8 heteroatoms. The minimum atomic E-state index is -0.303. The number of hydrogen-bond donors (Lipinski definition) is 2. The van der Waals surface area contributed by atoms with Crippen LogP contribution in [-0.2, 0) is 0 Å². The van der Waals surface area contributed by atoms with Crippen molar-refractivity contribution in [2.24, 2.45) is 0 Å². The molecule has 0 atom stereocenters. The quantitative estimate of drug-likeness (QED) is 0.476. The Kier molecular flexibility index (Phi) is 7.36. The fraction of sp³-hybridized carbons (Fsp3) is 0.261. The second-order valence-electron chi connectivity index (χ2n) is 7.39. The molecule has 0 bridgehead atoms. The fourth-order valence-electron chi connectivity index (χ4n) is 3.19. The van der Waals surface area contributed by atoms with Crippen LogP contribution in [0.5, 0.6) is 0 Å². The second kappa shape index (κ2) is 9.98. The first kappa shape index (κ1) is 22.8. The van der Waals surface area contributed by atoms with Crippen molar-refractivity contribution in [2.45, 2.75) is 33.1 Å². The van der Waals surface area contributed by atoms with Gasteiger partial charge in [-0.3, -0.25) is 9.59 Å². The van der Waals surface area contributed by atoms with Crippen molar-refractivity contribution < 1.29 is 9.59 Å². The van der Waals surface area contributed by atoms with Crippen LogP contribution in [0.4, 0.5) is 5.69 Å². The fourth-order valence-corrected chi connectivity index (χ4v) is 3.58. The summed E-state index contributed by atoms with van der Waals surface area (Å²) in [4.78, 5) is 25.2. The van der Waals surface area contributed by atoms with Gasteiger partial charge in [0.1, 0.15) is 0 Å². The summed E-state index contributed by atoms with van der Waals surface area (Å²) in [7, 11) is 0. The zero-order valence-corrected chi connectivity index (χ0v) is 19.1. The van der Waals surface area contributed by atoms with E-state index >= 15 is 0 Å². The van der Waals surface area contributed by atoms with Gasteiger partial charge in [0.2, 0.25) is 0 Å². The molecule has 0 saturated carbocycles.